The van der Waals surface area contributed by atoms with E-state index < -0.39 is 0 Å². The van der Waals surface area contributed by atoms with Crippen molar-refractivity contribution in [1.29, 1.82) is 0 Å². The molecule has 0 aliphatic heterocycles. The molecule has 0 spiro atoms. The van der Waals surface area contributed by atoms with Crippen LogP contribution in [0.15, 0.2) is 54.7 Å². The SMILES string of the molecule is COc1ccc2cc(NC(=O)CCn3nc(C)c4ccccc43)cnc2c1. The molecule has 0 bridgehead atoms. The van der Waals surface area contributed by atoms with Gasteiger partial charge in [-0.05, 0) is 31.2 Å². The van der Waals surface area contributed by atoms with E-state index in [1.54, 1.807) is 13.3 Å². The first kappa shape index (κ1) is 17.0. The number of ether oxygens (including phenoxy) is 1. The molecule has 0 fully saturated rings. The molecule has 6 heteroatoms. The Labute approximate surface area is 156 Å². The van der Waals surface area contributed by atoms with E-state index in [0.29, 0.717) is 18.7 Å². The van der Waals surface area contributed by atoms with Gasteiger partial charge in [0.1, 0.15) is 5.75 Å². The van der Waals surface area contributed by atoms with Crippen LogP contribution in [0, 0.1) is 6.92 Å². The van der Waals surface area contributed by atoms with Gasteiger partial charge < -0.3 is 10.1 Å². The number of methoxy groups -OCH3 is 1. The maximum Gasteiger partial charge on any atom is 0.226 e. The zero-order valence-corrected chi connectivity index (χ0v) is 15.3. The predicted octanol–water partition coefficient (Wildman–Crippen LogP) is 3.93. The lowest BCUT2D eigenvalue weighted by Crippen LogP contribution is -2.15. The number of carbonyl (C=O) groups excluding carboxylic acids is 1. The average molecular weight is 360 g/mol. The first-order valence-corrected chi connectivity index (χ1v) is 8.80. The van der Waals surface area contributed by atoms with Gasteiger partial charge in [0.05, 0.1) is 42.3 Å². The largest absolute Gasteiger partial charge is 0.497 e. The number of hydrogen-bond acceptors (Lipinski definition) is 4. The molecule has 4 rings (SSSR count). The van der Waals surface area contributed by atoms with E-state index in [-0.39, 0.29) is 5.91 Å². The van der Waals surface area contributed by atoms with E-state index in [1.807, 2.05) is 60.1 Å². The monoisotopic (exact) mass is 360 g/mol. The number of benzene rings is 2. The highest BCUT2D eigenvalue weighted by molar-refractivity contribution is 5.93. The summed E-state index contributed by atoms with van der Waals surface area (Å²) in [4.78, 5) is 16.8. The molecule has 27 heavy (non-hydrogen) atoms. The van der Waals surface area contributed by atoms with Crippen molar-refractivity contribution in [3.05, 3.63) is 60.4 Å². The van der Waals surface area contributed by atoms with Gasteiger partial charge >= 0.3 is 0 Å². The van der Waals surface area contributed by atoms with Crippen LogP contribution in [0.3, 0.4) is 0 Å². The highest BCUT2D eigenvalue weighted by Gasteiger charge is 2.09. The Bertz CT molecular complexity index is 1130. The van der Waals surface area contributed by atoms with E-state index in [2.05, 4.69) is 15.4 Å². The molecule has 0 atom stereocenters. The Morgan fingerprint density at radius 1 is 1.19 bits per heavy atom. The third kappa shape index (κ3) is 3.46. The molecule has 6 nitrogen and oxygen atoms in total. The molecule has 2 aromatic carbocycles. The first-order chi connectivity index (χ1) is 13.1. The fourth-order valence-corrected chi connectivity index (χ4v) is 3.19. The number of aromatic nitrogens is 3. The molecular weight excluding hydrogens is 340 g/mol. The number of fused-ring (bicyclic) bond motifs is 2. The van der Waals surface area contributed by atoms with Crippen LogP contribution >= 0.6 is 0 Å². The smallest absolute Gasteiger partial charge is 0.226 e. The summed E-state index contributed by atoms with van der Waals surface area (Å²) >= 11 is 0. The maximum absolute atomic E-state index is 12.4. The predicted molar refractivity (Wildman–Crippen MR) is 106 cm³/mol. The number of aryl methyl sites for hydroxylation is 2. The zero-order chi connectivity index (χ0) is 18.8. The molecule has 0 aliphatic rings. The van der Waals surface area contributed by atoms with E-state index in [4.69, 9.17) is 4.74 Å². The molecule has 2 heterocycles. The van der Waals surface area contributed by atoms with Crippen molar-refractivity contribution < 1.29 is 9.53 Å². The molecular formula is C21H20N4O2. The van der Waals surface area contributed by atoms with Crippen LogP contribution in [-0.2, 0) is 11.3 Å². The Hall–Kier alpha value is -3.41. The average Bonchev–Trinajstić information content (AvgIpc) is 3.02. The standard InChI is InChI=1S/C21H20N4O2/c1-14-18-5-3-4-6-20(18)25(24-14)10-9-21(26)23-16-11-15-7-8-17(27-2)12-19(15)22-13-16/h3-8,11-13H,9-10H2,1-2H3,(H,23,26). The summed E-state index contributed by atoms with van der Waals surface area (Å²) in [7, 11) is 1.63. The van der Waals surface area contributed by atoms with Gasteiger partial charge in [0.25, 0.3) is 0 Å². The van der Waals surface area contributed by atoms with Gasteiger partial charge in [-0.2, -0.15) is 5.10 Å². The number of para-hydroxylation sites is 1. The number of pyridine rings is 1. The van der Waals surface area contributed by atoms with Crippen molar-refractivity contribution >= 4 is 33.4 Å². The highest BCUT2D eigenvalue weighted by Crippen LogP contribution is 2.22. The summed E-state index contributed by atoms with van der Waals surface area (Å²) in [6, 6.07) is 15.6. The van der Waals surface area contributed by atoms with Crippen LogP contribution in [0.5, 0.6) is 5.75 Å². The fraction of sp³-hybridized carbons (Fsp3) is 0.190. The summed E-state index contributed by atoms with van der Waals surface area (Å²) in [6.07, 6.45) is 2.00. The Balaban J connectivity index is 1.45. The molecule has 0 unspecified atom stereocenters. The van der Waals surface area contributed by atoms with E-state index in [1.165, 1.54) is 0 Å². The summed E-state index contributed by atoms with van der Waals surface area (Å²) in [5, 5.41) is 9.52. The van der Waals surface area contributed by atoms with Crippen molar-refractivity contribution in [2.24, 2.45) is 0 Å². The normalized spacial score (nSPS) is 11.0. The van der Waals surface area contributed by atoms with Crippen LogP contribution in [-0.4, -0.2) is 27.8 Å². The lowest BCUT2D eigenvalue weighted by Gasteiger charge is -2.08. The fourth-order valence-electron chi connectivity index (χ4n) is 3.19. The van der Waals surface area contributed by atoms with Crippen LogP contribution in [0.4, 0.5) is 5.69 Å². The van der Waals surface area contributed by atoms with Gasteiger partial charge in [-0.3, -0.25) is 14.5 Å². The van der Waals surface area contributed by atoms with Crippen LogP contribution in [0.1, 0.15) is 12.1 Å². The molecule has 0 saturated carbocycles. The Morgan fingerprint density at radius 3 is 2.89 bits per heavy atom. The molecule has 4 aromatic rings. The second kappa shape index (κ2) is 7.07. The maximum atomic E-state index is 12.4. The van der Waals surface area contributed by atoms with Gasteiger partial charge in [0, 0.05) is 23.3 Å². The van der Waals surface area contributed by atoms with Crippen molar-refractivity contribution in [2.45, 2.75) is 19.9 Å². The topological polar surface area (TPSA) is 69.0 Å². The number of rotatable bonds is 5. The van der Waals surface area contributed by atoms with Crippen molar-refractivity contribution in [2.75, 3.05) is 12.4 Å². The number of nitrogens with zero attached hydrogens (tertiary/aromatic N) is 3. The van der Waals surface area contributed by atoms with E-state index >= 15 is 0 Å². The number of amides is 1. The van der Waals surface area contributed by atoms with Crippen LogP contribution in [0.25, 0.3) is 21.8 Å². The number of carbonyl (C=O) groups is 1. The summed E-state index contributed by atoms with van der Waals surface area (Å²) in [5.74, 6) is 0.690. The number of anilines is 1. The van der Waals surface area contributed by atoms with E-state index in [9.17, 15) is 4.79 Å². The van der Waals surface area contributed by atoms with Gasteiger partial charge in [-0.1, -0.05) is 18.2 Å². The van der Waals surface area contributed by atoms with Gasteiger partial charge in [-0.15, -0.1) is 0 Å². The highest BCUT2D eigenvalue weighted by atomic mass is 16.5. The van der Waals surface area contributed by atoms with Crippen molar-refractivity contribution in [3.63, 3.8) is 0 Å². The van der Waals surface area contributed by atoms with Crippen molar-refractivity contribution in [3.8, 4) is 5.75 Å². The Kier molecular flexibility index (Phi) is 4.46. The summed E-state index contributed by atoms with van der Waals surface area (Å²) in [6.45, 7) is 2.51. The Morgan fingerprint density at radius 2 is 2.04 bits per heavy atom. The van der Waals surface area contributed by atoms with Gasteiger partial charge in [0.15, 0.2) is 0 Å². The minimum atomic E-state index is -0.0677. The van der Waals surface area contributed by atoms with Gasteiger partial charge in [-0.25, -0.2) is 0 Å². The minimum Gasteiger partial charge on any atom is -0.497 e. The van der Waals surface area contributed by atoms with E-state index in [0.717, 1.165) is 33.2 Å². The van der Waals surface area contributed by atoms with Crippen LogP contribution < -0.4 is 10.1 Å². The lowest BCUT2D eigenvalue weighted by atomic mass is 10.2. The summed E-state index contributed by atoms with van der Waals surface area (Å²) in [5.41, 5.74) is 3.52. The van der Waals surface area contributed by atoms with Gasteiger partial charge in [0.2, 0.25) is 5.91 Å². The second-order valence-corrected chi connectivity index (χ2v) is 6.41. The lowest BCUT2D eigenvalue weighted by molar-refractivity contribution is -0.116. The third-order valence-electron chi connectivity index (χ3n) is 4.57. The number of nitrogens with one attached hydrogen (secondary N) is 1. The third-order valence-corrected chi connectivity index (χ3v) is 4.57. The molecule has 0 aliphatic carbocycles. The molecule has 0 radical (unpaired) electrons. The summed E-state index contributed by atoms with van der Waals surface area (Å²) < 4.78 is 7.09. The first-order valence-electron chi connectivity index (χ1n) is 8.80. The molecule has 0 saturated heterocycles. The zero-order valence-electron chi connectivity index (χ0n) is 15.3. The molecule has 136 valence electrons. The quantitative estimate of drug-likeness (QED) is 0.585. The van der Waals surface area contributed by atoms with Crippen molar-refractivity contribution in [1.82, 2.24) is 14.8 Å². The minimum absolute atomic E-state index is 0.0677. The molecule has 1 N–H and O–H groups in total. The number of hydrogen-bond donors (Lipinski definition) is 1. The second-order valence-electron chi connectivity index (χ2n) is 6.41. The molecule has 1 amide bonds. The molecule has 2 aromatic heterocycles. The van der Waals surface area contributed by atoms with Crippen LogP contribution in [0.2, 0.25) is 0 Å².